The molecule has 0 aromatic carbocycles. The van der Waals surface area contributed by atoms with Crippen LogP contribution in [0.4, 0.5) is 0 Å². The number of imidazole rings is 1. The number of ketones is 1. The Morgan fingerprint density at radius 2 is 2.11 bits per heavy atom. The molecule has 148 valence electrons. The van der Waals surface area contributed by atoms with Gasteiger partial charge in [-0.1, -0.05) is 6.92 Å². The molecule has 3 aromatic rings. The first-order valence-corrected chi connectivity index (χ1v) is 10.8. The molecule has 0 N–H and O–H groups in total. The molecule has 0 aliphatic carbocycles. The fourth-order valence-corrected chi connectivity index (χ4v) is 4.31. The molecule has 0 radical (unpaired) electrons. The summed E-state index contributed by atoms with van der Waals surface area (Å²) in [5, 5.41) is 2.83. The van der Waals surface area contributed by atoms with Crippen LogP contribution >= 0.6 is 11.3 Å². The quantitative estimate of drug-likeness (QED) is 0.560. The highest BCUT2D eigenvalue weighted by atomic mass is 32.1. The maximum atomic E-state index is 12.7. The zero-order valence-electron chi connectivity index (χ0n) is 16.3. The first kappa shape index (κ1) is 19.1. The third-order valence-corrected chi connectivity index (χ3v) is 6.07. The number of pyridine rings is 1. The van der Waals surface area contributed by atoms with Crippen LogP contribution in [0.1, 0.15) is 59.4 Å². The number of rotatable bonds is 7. The van der Waals surface area contributed by atoms with E-state index < -0.39 is 0 Å². The van der Waals surface area contributed by atoms with E-state index in [-0.39, 0.29) is 12.2 Å². The number of Topliss-reactive ketones (excluding diaryl/α,β-unsaturated/α-hetero) is 1. The molecule has 0 amide bonds. The molecule has 0 unspecified atom stereocenters. The Morgan fingerprint density at radius 3 is 2.82 bits per heavy atom. The molecule has 1 aliphatic rings. The first-order valence-electron chi connectivity index (χ1n) is 9.87. The molecule has 1 aliphatic heterocycles. The van der Waals surface area contributed by atoms with Gasteiger partial charge in [0.1, 0.15) is 17.1 Å². The second-order valence-corrected chi connectivity index (χ2v) is 7.94. The summed E-state index contributed by atoms with van der Waals surface area (Å²) >= 11 is 1.54. The van der Waals surface area contributed by atoms with Crippen LogP contribution in [0, 0.1) is 0 Å². The zero-order valence-corrected chi connectivity index (χ0v) is 17.1. The van der Waals surface area contributed by atoms with Crippen molar-refractivity contribution < 1.29 is 14.3 Å². The molecule has 6 nitrogen and oxygen atoms in total. The van der Waals surface area contributed by atoms with Crippen LogP contribution in [0.15, 0.2) is 23.8 Å². The molecule has 0 spiro atoms. The lowest BCUT2D eigenvalue weighted by atomic mass is 9.97. The molecule has 28 heavy (non-hydrogen) atoms. The monoisotopic (exact) mass is 399 g/mol. The van der Waals surface area contributed by atoms with E-state index in [0.717, 1.165) is 60.1 Å². The summed E-state index contributed by atoms with van der Waals surface area (Å²) in [7, 11) is 0. The number of fused-ring (bicyclic) bond motifs is 1. The Bertz CT molecular complexity index is 973. The highest BCUT2D eigenvalue weighted by Crippen LogP contribution is 2.29. The molecule has 0 saturated carbocycles. The van der Waals surface area contributed by atoms with E-state index in [0.29, 0.717) is 18.2 Å². The molecule has 7 heteroatoms. The highest BCUT2D eigenvalue weighted by molar-refractivity contribution is 7.09. The van der Waals surface area contributed by atoms with E-state index >= 15 is 0 Å². The van der Waals surface area contributed by atoms with Crippen molar-refractivity contribution in [1.29, 1.82) is 0 Å². The predicted octanol–water partition coefficient (Wildman–Crippen LogP) is 4.07. The van der Waals surface area contributed by atoms with Gasteiger partial charge in [0, 0.05) is 55.0 Å². The maximum absolute atomic E-state index is 12.7. The predicted molar refractivity (Wildman–Crippen MR) is 109 cm³/mol. The van der Waals surface area contributed by atoms with E-state index in [9.17, 15) is 4.79 Å². The van der Waals surface area contributed by atoms with Gasteiger partial charge in [0.25, 0.3) is 0 Å². The molecule has 0 bridgehead atoms. The van der Waals surface area contributed by atoms with Gasteiger partial charge in [-0.05, 0) is 26.2 Å². The minimum atomic E-state index is 0.0148. The maximum Gasteiger partial charge on any atom is 0.186 e. The normalized spacial score (nSPS) is 15.2. The number of aryl methyl sites for hydroxylation is 1. The standard InChI is InChI=1S/C21H25N3O3S/c1-3-21-23-17(13-28-21)18(25)9-15-11-24-12-16(14-5-7-26-8-6-14)22-20(24)10-19(15)27-4-2/h10-14H,3-9H2,1-2H3. The average molecular weight is 400 g/mol. The van der Waals surface area contributed by atoms with Crippen molar-refractivity contribution in [2.45, 2.75) is 45.4 Å². The van der Waals surface area contributed by atoms with Crippen molar-refractivity contribution in [2.24, 2.45) is 0 Å². The molecular weight excluding hydrogens is 374 g/mol. The number of thiazole rings is 1. The fourth-order valence-electron chi connectivity index (χ4n) is 3.56. The fraction of sp³-hybridized carbons (Fsp3) is 0.476. The number of hydrogen-bond donors (Lipinski definition) is 0. The largest absolute Gasteiger partial charge is 0.493 e. The van der Waals surface area contributed by atoms with Crippen molar-refractivity contribution in [3.05, 3.63) is 45.8 Å². The van der Waals surface area contributed by atoms with Gasteiger partial charge in [0.2, 0.25) is 0 Å². The minimum Gasteiger partial charge on any atom is -0.493 e. The van der Waals surface area contributed by atoms with Crippen LogP contribution in [-0.4, -0.2) is 40.0 Å². The number of nitrogens with zero attached hydrogens (tertiary/aromatic N) is 3. The van der Waals surface area contributed by atoms with Crippen molar-refractivity contribution in [3.8, 4) is 5.75 Å². The Morgan fingerprint density at radius 1 is 1.29 bits per heavy atom. The van der Waals surface area contributed by atoms with Crippen molar-refractivity contribution in [1.82, 2.24) is 14.4 Å². The van der Waals surface area contributed by atoms with Crippen LogP contribution in [0.3, 0.4) is 0 Å². The second-order valence-electron chi connectivity index (χ2n) is 6.99. The lowest BCUT2D eigenvalue weighted by Crippen LogP contribution is -2.14. The minimum absolute atomic E-state index is 0.0148. The SMILES string of the molecule is CCOc1cc2nc(C3CCOCC3)cn2cc1CC(=O)c1csc(CC)n1. The number of carbonyl (C=O) groups excluding carboxylic acids is 1. The van der Waals surface area contributed by atoms with Crippen LogP contribution in [0.2, 0.25) is 0 Å². The van der Waals surface area contributed by atoms with Crippen molar-refractivity contribution >= 4 is 22.8 Å². The topological polar surface area (TPSA) is 65.7 Å². The molecular formula is C21H25N3O3S. The Labute approximate surface area is 168 Å². The zero-order chi connectivity index (χ0) is 19.5. The summed E-state index contributed by atoms with van der Waals surface area (Å²) in [5.41, 5.74) is 3.34. The van der Waals surface area contributed by atoms with Crippen LogP contribution < -0.4 is 4.74 Å². The Balaban J connectivity index is 1.63. The van der Waals surface area contributed by atoms with Gasteiger partial charge in [-0.25, -0.2) is 9.97 Å². The van der Waals surface area contributed by atoms with Gasteiger partial charge in [-0.15, -0.1) is 11.3 Å². The summed E-state index contributed by atoms with van der Waals surface area (Å²) in [6.45, 7) is 6.11. The van der Waals surface area contributed by atoms with Crippen molar-refractivity contribution in [2.75, 3.05) is 19.8 Å². The number of ether oxygens (including phenoxy) is 2. The van der Waals surface area contributed by atoms with E-state index in [1.165, 1.54) is 11.3 Å². The van der Waals surface area contributed by atoms with Crippen LogP contribution in [0.5, 0.6) is 5.75 Å². The summed E-state index contributed by atoms with van der Waals surface area (Å²) < 4.78 is 13.3. The van der Waals surface area contributed by atoms with Crippen LogP contribution in [-0.2, 0) is 17.6 Å². The van der Waals surface area contributed by atoms with E-state index in [4.69, 9.17) is 14.5 Å². The summed E-state index contributed by atoms with van der Waals surface area (Å²) in [6, 6.07) is 1.94. The van der Waals surface area contributed by atoms with Gasteiger partial charge in [-0.2, -0.15) is 0 Å². The molecule has 1 fully saturated rings. The lowest BCUT2D eigenvalue weighted by Gasteiger charge is -2.19. The third-order valence-electron chi connectivity index (χ3n) is 5.08. The lowest BCUT2D eigenvalue weighted by molar-refractivity contribution is 0.0846. The summed E-state index contributed by atoms with van der Waals surface area (Å²) in [5.74, 6) is 1.16. The molecule has 0 atom stereocenters. The van der Waals surface area contributed by atoms with Gasteiger partial charge in [0.15, 0.2) is 5.78 Å². The molecule has 3 aromatic heterocycles. The smallest absolute Gasteiger partial charge is 0.186 e. The summed E-state index contributed by atoms with van der Waals surface area (Å²) in [6.07, 6.45) is 7.16. The first-order chi connectivity index (χ1) is 13.7. The summed E-state index contributed by atoms with van der Waals surface area (Å²) in [4.78, 5) is 22.0. The highest BCUT2D eigenvalue weighted by Gasteiger charge is 2.20. The van der Waals surface area contributed by atoms with E-state index in [2.05, 4.69) is 11.2 Å². The number of hydrogen-bond acceptors (Lipinski definition) is 6. The number of carbonyl (C=O) groups is 1. The van der Waals surface area contributed by atoms with Gasteiger partial charge < -0.3 is 13.9 Å². The molecule has 4 heterocycles. The van der Waals surface area contributed by atoms with Crippen LogP contribution in [0.25, 0.3) is 5.65 Å². The second kappa shape index (κ2) is 8.41. The molecule has 1 saturated heterocycles. The van der Waals surface area contributed by atoms with E-state index in [1.807, 2.05) is 35.9 Å². The Hall–Kier alpha value is -2.25. The van der Waals surface area contributed by atoms with Gasteiger partial charge in [-0.3, -0.25) is 4.79 Å². The van der Waals surface area contributed by atoms with E-state index in [1.54, 1.807) is 0 Å². The van der Waals surface area contributed by atoms with Crippen molar-refractivity contribution in [3.63, 3.8) is 0 Å². The number of aromatic nitrogens is 3. The molecule has 4 rings (SSSR count). The average Bonchev–Trinajstić information content (AvgIpc) is 3.36. The Kier molecular flexibility index (Phi) is 5.73. The van der Waals surface area contributed by atoms with Gasteiger partial charge >= 0.3 is 0 Å². The third kappa shape index (κ3) is 3.95. The van der Waals surface area contributed by atoms with Gasteiger partial charge in [0.05, 0.1) is 17.3 Å².